The minimum absolute atomic E-state index is 0.0286. The number of rotatable bonds is 2. The number of hydrogen-bond acceptors (Lipinski definition) is 1. The van der Waals surface area contributed by atoms with E-state index in [-0.39, 0.29) is 29.6 Å². The van der Waals surface area contributed by atoms with Crippen LogP contribution in [-0.4, -0.2) is 24.1 Å². The van der Waals surface area contributed by atoms with Crippen molar-refractivity contribution < 1.29 is 52.7 Å². The summed E-state index contributed by atoms with van der Waals surface area (Å²) in [5.41, 5.74) is -9.26. The number of alkyl halides is 12. The third-order valence-corrected chi connectivity index (χ3v) is 2.82. The van der Waals surface area contributed by atoms with Gasteiger partial charge in [0.05, 0.1) is 5.56 Å². The monoisotopic (exact) mass is 379 g/mol. The van der Waals surface area contributed by atoms with E-state index in [2.05, 4.69) is 0 Å². The lowest BCUT2D eigenvalue weighted by Crippen LogP contribution is -2.70. The fourth-order valence-electron chi connectivity index (χ4n) is 1.65. The highest BCUT2D eigenvalue weighted by molar-refractivity contribution is 5.49. The Balaban J connectivity index is 3.44. The zero-order valence-corrected chi connectivity index (χ0v) is 10.8. The number of halogens is 12. The molecule has 24 heavy (non-hydrogen) atoms. The van der Waals surface area contributed by atoms with E-state index in [0.29, 0.717) is 0 Å². The van der Waals surface area contributed by atoms with Crippen molar-refractivity contribution in [2.45, 2.75) is 30.2 Å². The molecule has 0 unspecified atom stereocenters. The zero-order chi connectivity index (χ0) is 19.2. The SMILES string of the molecule is FC(F)(F)c1ccc(NC(C(F)(F)F)(C(F)(F)F)C(F)(F)F)cc1. The van der Waals surface area contributed by atoms with Gasteiger partial charge in [0.2, 0.25) is 0 Å². The van der Waals surface area contributed by atoms with Crippen LogP contribution in [0.2, 0.25) is 0 Å². The topological polar surface area (TPSA) is 12.0 Å². The van der Waals surface area contributed by atoms with E-state index in [1.165, 1.54) is 0 Å². The van der Waals surface area contributed by atoms with E-state index in [4.69, 9.17) is 0 Å². The Morgan fingerprint density at radius 1 is 0.542 bits per heavy atom. The van der Waals surface area contributed by atoms with Crippen LogP contribution in [0.25, 0.3) is 0 Å². The molecule has 138 valence electrons. The van der Waals surface area contributed by atoms with Crippen molar-refractivity contribution in [2.24, 2.45) is 0 Å². The van der Waals surface area contributed by atoms with E-state index in [1.807, 2.05) is 0 Å². The van der Waals surface area contributed by atoms with E-state index >= 15 is 0 Å². The van der Waals surface area contributed by atoms with Crippen LogP contribution in [-0.2, 0) is 6.18 Å². The van der Waals surface area contributed by atoms with Crippen LogP contribution >= 0.6 is 0 Å². The summed E-state index contributed by atoms with van der Waals surface area (Å²) < 4.78 is 151. The molecule has 1 rings (SSSR count). The van der Waals surface area contributed by atoms with Gasteiger partial charge in [-0.15, -0.1) is 0 Å². The maximum atomic E-state index is 12.6. The molecule has 0 fully saturated rings. The van der Waals surface area contributed by atoms with Crippen LogP contribution in [0, 0.1) is 0 Å². The fourth-order valence-corrected chi connectivity index (χ4v) is 1.65. The molecule has 0 atom stereocenters. The number of nitrogens with one attached hydrogen (secondary N) is 1. The molecule has 0 aromatic heterocycles. The molecule has 0 heterocycles. The summed E-state index contributed by atoms with van der Waals surface area (Å²) in [6.07, 6.45) is -25.6. The Labute approximate surface area is 125 Å². The van der Waals surface area contributed by atoms with Crippen molar-refractivity contribution in [3.8, 4) is 0 Å². The molecule has 0 saturated heterocycles. The van der Waals surface area contributed by atoms with Crippen molar-refractivity contribution in [1.29, 1.82) is 0 Å². The van der Waals surface area contributed by atoms with Gasteiger partial charge in [0, 0.05) is 5.69 Å². The standard InChI is InChI=1S/C11H5F12N/c12-7(13,14)5-1-3-6(4-2-5)24-8(9(15,16)17,10(18,19)20)11(21,22)23/h1-4,24H. The molecule has 0 radical (unpaired) electrons. The Morgan fingerprint density at radius 2 is 0.875 bits per heavy atom. The molecule has 0 bridgehead atoms. The minimum Gasteiger partial charge on any atom is -0.357 e. The van der Waals surface area contributed by atoms with Gasteiger partial charge in [-0.2, -0.15) is 52.7 Å². The average Bonchev–Trinajstić information content (AvgIpc) is 2.30. The highest BCUT2D eigenvalue weighted by Gasteiger charge is 2.84. The summed E-state index contributed by atoms with van der Waals surface area (Å²) in [6.45, 7) is 0. The lowest BCUT2D eigenvalue weighted by Gasteiger charge is -2.39. The van der Waals surface area contributed by atoms with Gasteiger partial charge in [0.1, 0.15) is 0 Å². The second-order valence-corrected chi connectivity index (χ2v) is 4.44. The predicted molar refractivity (Wildman–Crippen MR) is 56.0 cm³/mol. The largest absolute Gasteiger partial charge is 0.429 e. The van der Waals surface area contributed by atoms with E-state index in [0.717, 1.165) is 0 Å². The average molecular weight is 379 g/mol. The van der Waals surface area contributed by atoms with Crippen molar-refractivity contribution in [2.75, 3.05) is 5.32 Å². The maximum Gasteiger partial charge on any atom is 0.429 e. The van der Waals surface area contributed by atoms with Gasteiger partial charge in [-0.05, 0) is 24.3 Å². The van der Waals surface area contributed by atoms with Gasteiger partial charge >= 0.3 is 30.2 Å². The Morgan fingerprint density at radius 3 is 1.12 bits per heavy atom. The van der Waals surface area contributed by atoms with E-state index < -0.39 is 41.5 Å². The van der Waals surface area contributed by atoms with E-state index in [9.17, 15) is 52.7 Å². The summed E-state index contributed by atoms with van der Waals surface area (Å²) >= 11 is 0. The first kappa shape index (κ1) is 20.2. The first-order valence-electron chi connectivity index (χ1n) is 5.59. The second-order valence-electron chi connectivity index (χ2n) is 4.44. The molecule has 1 aromatic carbocycles. The molecule has 1 nitrogen and oxygen atoms in total. The summed E-state index contributed by atoms with van der Waals surface area (Å²) in [6, 6.07) is 0.133. The Kier molecular flexibility index (Phi) is 4.73. The Bertz CT molecular complexity index is 523. The first-order valence-corrected chi connectivity index (χ1v) is 5.59. The summed E-state index contributed by atoms with van der Waals surface area (Å²) in [5, 5.41) is 0.249. The molecule has 0 aliphatic carbocycles. The van der Waals surface area contributed by atoms with Crippen molar-refractivity contribution >= 4 is 5.69 Å². The third kappa shape index (κ3) is 3.48. The van der Waals surface area contributed by atoms with Crippen LogP contribution in [0.15, 0.2) is 24.3 Å². The number of anilines is 1. The molecule has 0 aliphatic heterocycles. The van der Waals surface area contributed by atoms with Crippen LogP contribution in [0.5, 0.6) is 0 Å². The summed E-state index contributed by atoms with van der Waals surface area (Å²) in [5.74, 6) is 0. The Hall–Kier alpha value is -1.82. The van der Waals surface area contributed by atoms with Crippen LogP contribution < -0.4 is 5.32 Å². The van der Waals surface area contributed by atoms with Crippen molar-refractivity contribution in [3.63, 3.8) is 0 Å². The third-order valence-electron chi connectivity index (χ3n) is 2.82. The minimum atomic E-state index is -6.87. The molecular weight excluding hydrogens is 374 g/mol. The number of hydrogen-bond donors (Lipinski definition) is 1. The van der Waals surface area contributed by atoms with Gasteiger partial charge in [-0.3, -0.25) is 0 Å². The molecular formula is C11H5F12N. The summed E-state index contributed by atoms with van der Waals surface area (Å²) in [4.78, 5) is 0. The molecule has 1 aromatic rings. The van der Waals surface area contributed by atoms with Crippen LogP contribution in [0.4, 0.5) is 58.4 Å². The van der Waals surface area contributed by atoms with Gasteiger partial charge in [-0.1, -0.05) is 0 Å². The van der Waals surface area contributed by atoms with Gasteiger partial charge in [-0.25, -0.2) is 0 Å². The second kappa shape index (κ2) is 5.62. The smallest absolute Gasteiger partial charge is 0.357 e. The van der Waals surface area contributed by atoms with Gasteiger partial charge in [0.25, 0.3) is 0 Å². The quantitative estimate of drug-likeness (QED) is 0.665. The lowest BCUT2D eigenvalue weighted by molar-refractivity contribution is -0.370. The van der Waals surface area contributed by atoms with Gasteiger partial charge < -0.3 is 5.32 Å². The molecule has 0 saturated carbocycles. The first-order chi connectivity index (χ1) is 10.4. The maximum absolute atomic E-state index is 12.6. The van der Waals surface area contributed by atoms with Crippen LogP contribution in [0.3, 0.4) is 0 Å². The van der Waals surface area contributed by atoms with E-state index in [1.54, 1.807) is 0 Å². The molecule has 0 spiro atoms. The molecule has 0 aliphatic rings. The highest BCUT2D eigenvalue weighted by Crippen LogP contribution is 2.54. The summed E-state index contributed by atoms with van der Waals surface area (Å²) in [7, 11) is 0. The normalized spacial score (nSPS) is 14.7. The molecule has 1 N–H and O–H groups in total. The fraction of sp³-hybridized carbons (Fsp3) is 0.455. The zero-order valence-electron chi connectivity index (χ0n) is 10.8. The highest BCUT2D eigenvalue weighted by atomic mass is 19.4. The molecule has 0 amide bonds. The lowest BCUT2D eigenvalue weighted by atomic mass is 9.96. The van der Waals surface area contributed by atoms with Gasteiger partial charge in [0.15, 0.2) is 0 Å². The number of benzene rings is 1. The van der Waals surface area contributed by atoms with Crippen molar-refractivity contribution in [1.82, 2.24) is 0 Å². The van der Waals surface area contributed by atoms with Crippen LogP contribution in [0.1, 0.15) is 5.56 Å². The molecule has 13 heteroatoms. The predicted octanol–water partition coefficient (Wildman–Crippen LogP) is 5.54. The van der Waals surface area contributed by atoms with Crippen molar-refractivity contribution in [3.05, 3.63) is 29.8 Å².